The lowest BCUT2D eigenvalue weighted by Crippen LogP contribution is -2.42. The molecular formula is C28H26Cl2F2N2O4. The number of hydrogen-bond donors (Lipinski definition) is 2. The van der Waals surface area contributed by atoms with E-state index < -0.39 is 29.6 Å². The Kier molecular flexibility index (Phi) is 9.20. The van der Waals surface area contributed by atoms with Gasteiger partial charge in [0.05, 0.1) is 15.6 Å². The van der Waals surface area contributed by atoms with Crippen molar-refractivity contribution in [1.82, 2.24) is 10.2 Å². The minimum atomic E-state index is -1.20. The molecule has 0 unspecified atom stereocenters. The fourth-order valence-electron chi connectivity index (χ4n) is 4.44. The van der Waals surface area contributed by atoms with Crippen LogP contribution in [0, 0.1) is 11.6 Å². The second-order valence-electron chi connectivity index (χ2n) is 9.16. The van der Waals surface area contributed by atoms with Crippen molar-refractivity contribution in [3.05, 3.63) is 99.0 Å². The van der Waals surface area contributed by atoms with Crippen molar-refractivity contribution in [2.45, 2.75) is 38.0 Å². The SMILES string of the molecule is O=C(N[C@@H](Cc1ccc(O[C@H]2CCCN(Cc3cc(F)ccc3F)C2)cc1)C(=O)O)c1c(Cl)cccc1Cl. The molecule has 200 valence electrons. The molecule has 0 aliphatic carbocycles. The molecule has 2 N–H and O–H groups in total. The van der Waals surface area contributed by atoms with E-state index in [9.17, 15) is 23.5 Å². The Morgan fingerprint density at radius 3 is 2.47 bits per heavy atom. The Labute approximate surface area is 229 Å². The maximum Gasteiger partial charge on any atom is 0.326 e. The number of nitrogens with zero attached hydrogens (tertiary/aromatic N) is 1. The molecule has 10 heteroatoms. The predicted molar refractivity (Wildman–Crippen MR) is 141 cm³/mol. The number of piperidine rings is 1. The quantitative estimate of drug-likeness (QED) is 0.347. The number of ether oxygens (including phenoxy) is 1. The molecule has 1 aliphatic rings. The standard InChI is InChI=1S/C28H26Cl2F2N2O4/c29-22-4-1-5-23(30)26(22)27(35)33-25(28(36)37)13-17-6-9-20(10-7-17)38-21-3-2-12-34(16-21)15-18-14-19(31)8-11-24(18)32/h1,4-11,14,21,25H,2-3,12-13,15-16H2,(H,33,35)(H,36,37)/t21-,25-/m0/s1. The monoisotopic (exact) mass is 562 g/mol. The third-order valence-corrected chi connectivity index (χ3v) is 6.95. The summed E-state index contributed by atoms with van der Waals surface area (Å²) in [5.74, 6) is -2.16. The van der Waals surface area contributed by atoms with Gasteiger partial charge in [-0.3, -0.25) is 9.69 Å². The molecule has 3 aromatic carbocycles. The molecule has 1 fully saturated rings. The van der Waals surface area contributed by atoms with Crippen molar-refractivity contribution in [2.75, 3.05) is 13.1 Å². The van der Waals surface area contributed by atoms with Crippen LogP contribution < -0.4 is 10.1 Å². The van der Waals surface area contributed by atoms with Gasteiger partial charge in [-0.15, -0.1) is 0 Å². The zero-order chi connectivity index (χ0) is 27.2. The highest BCUT2D eigenvalue weighted by Gasteiger charge is 2.25. The lowest BCUT2D eigenvalue weighted by atomic mass is 10.0. The van der Waals surface area contributed by atoms with Crippen molar-refractivity contribution in [2.24, 2.45) is 0 Å². The summed E-state index contributed by atoms with van der Waals surface area (Å²) in [6.07, 6.45) is 1.59. The fourth-order valence-corrected chi connectivity index (χ4v) is 5.00. The smallest absolute Gasteiger partial charge is 0.326 e. The van der Waals surface area contributed by atoms with Crippen molar-refractivity contribution in [3.8, 4) is 5.75 Å². The van der Waals surface area contributed by atoms with Gasteiger partial charge in [0.2, 0.25) is 0 Å². The third-order valence-electron chi connectivity index (χ3n) is 6.32. The number of carbonyl (C=O) groups excluding carboxylic acids is 1. The van der Waals surface area contributed by atoms with E-state index in [0.717, 1.165) is 31.5 Å². The first-order chi connectivity index (χ1) is 18.2. The van der Waals surface area contributed by atoms with Gasteiger partial charge in [0.25, 0.3) is 5.91 Å². The number of likely N-dealkylation sites (tertiary alicyclic amines) is 1. The van der Waals surface area contributed by atoms with Gasteiger partial charge in [-0.05, 0) is 67.4 Å². The summed E-state index contributed by atoms with van der Waals surface area (Å²) in [4.78, 5) is 26.5. The summed E-state index contributed by atoms with van der Waals surface area (Å²) in [5.41, 5.74) is 1.02. The number of carboxylic acid groups (broad SMARTS) is 1. The molecule has 0 aromatic heterocycles. The Bertz CT molecular complexity index is 1290. The first-order valence-corrected chi connectivity index (χ1v) is 12.8. The molecule has 1 amide bonds. The molecule has 0 saturated carbocycles. The van der Waals surface area contributed by atoms with Gasteiger partial charge in [0.15, 0.2) is 0 Å². The van der Waals surface area contributed by atoms with Gasteiger partial charge in [-0.2, -0.15) is 0 Å². The number of nitrogens with one attached hydrogen (secondary N) is 1. The van der Waals surface area contributed by atoms with E-state index in [0.29, 0.717) is 30.0 Å². The summed E-state index contributed by atoms with van der Waals surface area (Å²) in [7, 11) is 0. The third kappa shape index (κ3) is 7.22. The molecule has 4 rings (SSSR count). The van der Waals surface area contributed by atoms with E-state index in [1.54, 1.807) is 30.3 Å². The van der Waals surface area contributed by atoms with E-state index in [-0.39, 0.29) is 28.1 Å². The summed E-state index contributed by atoms with van der Waals surface area (Å²) in [6, 6.07) is 13.8. The zero-order valence-corrected chi connectivity index (χ0v) is 21.8. The van der Waals surface area contributed by atoms with E-state index >= 15 is 0 Å². The molecule has 3 aromatic rings. The summed E-state index contributed by atoms with van der Waals surface area (Å²) < 4.78 is 33.7. The van der Waals surface area contributed by atoms with Gasteiger partial charge in [0, 0.05) is 25.1 Å². The van der Waals surface area contributed by atoms with Crippen molar-refractivity contribution in [3.63, 3.8) is 0 Å². The molecule has 0 spiro atoms. The minimum Gasteiger partial charge on any atom is -0.489 e. The topological polar surface area (TPSA) is 78.9 Å². The summed E-state index contributed by atoms with van der Waals surface area (Å²) in [6.45, 7) is 1.62. The number of carbonyl (C=O) groups is 2. The number of hydrogen-bond acceptors (Lipinski definition) is 4. The number of benzene rings is 3. The van der Waals surface area contributed by atoms with Crippen LogP contribution in [-0.2, 0) is 17.8 Å². The molecule has 2 atom stereocenters. The number of rotatable bonds is 9. The van der Waals surface area contributed by atoms with Crippen LogP contribution in [0.1, 0.15) is 34.3 Å². The maximum atomic E-state index is 14.0. The van der Waals surface area contributed by atoms with Crippen LogP contribution in [0.5, 0.6) is 5.75 Å². The highest BCUT2D eigenvalue weighted by atomic mass is 35.5. The van der Waals surface area contributed by atoms with Crippen molar-refractivity contribution in [1.29, 1.82) is 0 Å². The molecule has 1 aliphatic heterocycles. The van der Waals surface area contributed by atoms with Crippen LogP contribution in [0.2, 0.25) is 10.0 Å². The first kappa shape index (κ1) is 27.8. The minimum absolute atomic E-state index is 0.0208. The van der Waals surface area contributed by atoms with Crippen LogP contribution in [0.25, 0.3) is 0 Å². The average molecular weight is 563 g/mol. The van der Waals surface area contributed by atoms with Crippen LogP contribution in [0.4, 0.5) is 8.78 Å². The van der Waals surface area contributed by atoms with Crippen molar-refractivity contribution >= 4 is 35.1 Å². The van der Waals surface area contributed by atoms with Crippen LogP contribution in [-0.4, -0.2) is 47.1 Å². The molecule has 0 radical (unpaired) electrons. The van der Waals surface area contributed by atoms with Crippen LogP contribution in [0.3, 0.4) is 0 Å². The van der Waals surface area contributed by atoms with E-state index in [2.05, 4.69) is 5.32 Å². The van der Waals surface area contributed by atoms with Gasteiger partial charge >= 0.3 is 5.97 Å². The lowest BCUT2D eigenvalue weighted by molar-refractivity contribution is -0.139. The summed E-state index contributed by atoms with van der Waals surface area (Å²) >= 11 is 12.1. The molecule has 6 nitrogen and oxygen atoms in total. The first-order valence-electron chi connectivity index (χ1n) is 12.1. The highest BCUT2D eigenvalue weighted by Crippen LogP contribution is 2.25. The Morgan fingerprint density at radius 1 is 1.08 bits per heavy atom. The Morgan fingerprint density at radius 2 is 1.79 bits per heavy atom. The molecule has 1 saturated heterocycles. The zero-order valence-electron chi connectivity index (χ0n) is 20.3. The number of carboxylic acids is 1. The van der Waals surface area contributed by atoms with Crippen molar-refractivity contribution < 1.29 is 28.2 Å². The van der Waals surface area contributed by atoms with Gasteiger partial charge in [0.1, 0.15) is 29.5 Å². The van der Waals surface area contributed by atoms with E-state index in [1.165, 1.54) is 18.2 Å². The predicted octanol–water partition coefficient (Wildman–Crippen LogP) is 5.74. The highest BCUT2D eigenvalue weighted by molar-refractivity contribution is 6.39. The fraction of sp³-hybridized carbons (Fsp3) is 0.286. The van der Waals surface area contributed by atoms with Crippen LogP contribution >= 0.6 is 23.2 Å². The second kappa shape index (κ2) is 12.6. The summed E-state index contributed by atoms with van der Waals surface area (Å²) in [5, 5.41) is 12.4. The number of halogens is 4. The maximum absolute atomic E-state index is 14.0. The lowest BCUT2D eigenvalue weighted by Gasteiger charge is -2.33. The molecule has 0 bridgehead atoms. The largest absolute Gasteiger partial charge is 0.489 e. The molecule has 1 heterocycles. The van der Waals surface area contributed by atoms with Crippen LogP contribution in [0.15, 0.2) is 60.7 Å². The number of amides is 1. The normalized spacial score (nSPS) is 16.6. The molecular weight excluding hydrogens is 537 g/mol. The van der Waals surface area contributed by atoms with Gasteiger partial charge < -0.3 is 15.2 Å². The average Bonchev–Trinajstić information content (AvgIpc) is 2.87. The van der Waals surface area contributed by atoms with Gasteiger partial charge in [-0.25, -0.2) is 13.6 Å². The second-order valence-corrected chi connectivity index (χ2v) is 9.98. The Hall–Kier alpha value is -3.20. The van der Waals surface area contributed by atoms with E-state index in [4.69, 9.17) is 27.9 Å². The van der Waals surface area contributed by atoms with Gasteiger partial charge in [-0.1, -0.05) is 41.4 Å². The Balaban J connectivity index is 1.34. The number of aliphatic carboxylic acids is 1. The molecule has 38 heavy (non-hydrogen) atoms. The van der Waals surface area contributed by atoms with E-state index in [1.807, 2.05) is 4.90 Å².